The van der Waals surface area contributed by atoms with E-state index in [0.717, 1.165) is 22.3 Å². The van der Waals surface area contributed by atoms with Gasteiger partial charge in [0.1, 0.15) is 18.2 Å². The van der Waals surface area contributed by atoms with Crippen molar-refractivity contribution in [3.8, 4) is 23.0 Å². The highest BCUT2D eigenvalue weighted by molar-refractivity contribution is 5.93. The van der Waals surface area contributed by atoms with Crippen LogP contribution in [0.5, 0.6) is 0 Å². The Labute approximate surface area is 204 Å². The number of nitrogens with zero attached hydrogens (tertiary/aromatic N) is 1. The fourth-order valence-corrected chi connectivity index (χ4v) is 5.99. The van der Waals surface area contributed by atoms with Crippen LogP contribution >= 0.6 is 0 Å². The predicted molar refractivity (Wildman–Crippen MR) is 130 cm³/mol. The molecule has 2 heterocycles. The first-order valence-corrected chi connectivity index (χ1v) is 12.0. The largest absolute Gasteiger partial charge is 0.479 e. The number of fused-ring (bicyclic) bond motifs is 5. The molecule has 35 heavy (non-hydrogen) atoms. The first kappa shape index (κ1) is 23.0. The molecule has 0 radical (unpaired) electrons. The molecule has 2 N–H and O–H groups in total. The van der Waals surface area contributed by atoms with Crippen molar-refractivity contribution in [3.63, 3.8) is 0 Å². The van der Waals surface area contributed by atoms with E-state index in [1.807, 2.05) is 36.4 Å². The van der Waals surface area contributed by atoms with Crippen molar-refractivity contribution in [2.24, 2.45) is 0 Å². The van der Waals surface area contributed by atoms with Crippen molar-refractivity contribution in [2.75, 3.05) is 6.61 Å². The predicted octanol–water partition coefficient (Wildman–Crippen LogP) is 3.92. The van der Waals surface area contributed by atoms with E-state index in [1.54, 1.807) is 6.92 Å². The second-order valence-corrected chi connectivity index (χ2v) is 9.43. The van der Waals surface area contributed by atoms with Gasteiger partial charge in [0, 0.05) is 18.4 Å². The number of hydrogen-bond donors (Lipinski definition) is 2. The number of carbonyl (C=O) groups excluding carboxylic acids is 2. The molecule has 1 aliphatic carbocycles. The minimum atomic E-state index is -1.18. The summed E-state index contributed by atoms with van der Waals surface area (Å²) in [6.07, 6.45) is 1.59. The van der Waals surface area contributed by atoms with Crippen LogP contribution in [0, 0.1) is 11.8 Å². The third-order valence-corrected chi connectivity index (χ3v) is 7.66. The average Bonchev–Trinajstić information content (AvgIpc) is 3.54. The second-order valence-electron chi connectivity index (χ2n) is 9.43. The van der Waals surface area contributed by atoms with Crippen molar-refractivity contribution in [3.05, 3.63) is 59.7 Å². The van der Waals surface area contributed by atoms with Gasteiger partial charge in [-0.3, -0.25) is 4.79 Å². The van der Waals surface area contributed by atoms with Gasteiger partial charge in [0.2, 0.25) is 5.91 Å². The number of nitrogens with one attached hydrogen (secondary N) is 1. The van der Waals surface area contributed by atoms with Gasteiger partial charge in [-0.05, 0) is 54.9 Å². The Morgan fingerprint density at radius 3 is 2.26 bits per heavy atom. The maximum Gasteiger partial charge on any atom is 0.407 e. The number of carbonyl (C=O) groups is 3. The monoisotopic (exact) mass is 472 g/mol. The Bertz CT molecular complexity index is 1190. The number of alkyl carbamates (subject to hydrolysis) is 1. The summed E-state index contributed by atoms with van der Waals surface area (Å²) in [6.45, 7) is 1.79. The number of amides is 2. The molecule has 5 rings (SSSR count). The molecule has 2 aromatic carbocycles. The maximum absolute atomic E-state index is 13.5. The van der Waals surface area contributed by atoms with Crippen LogP contribution in [0.4, 0.5) is 4.79 Å². The number of hydrogen-bond acceptors (Lipinski definition) is 4. The lowest BCUT2D eigenvalue weighted by molar-refractivity contribution is -0.156. The minimum Gasteiger partial charge on any atom is -0.479 e. The van der Waals surface area contributed by atoms with Gasteiger partial charge in [0.15, 0.2) is 0 Å². The van der Waals surface area contributed by atoms with Crippen LogP contribution in [0.15, 0.2) is 48.5 Å². The molecule has 7 nitrogen and oxygen atoms in total. The van der Waals surface area contributed by atoms with Gasteiger partial charge in [-0.25, -0.2) is 9.59 Å². The number of ether oxygens (including phenoxy) is 1. The molecule has 0 spiro atoms. The summed E-state index contributed by atoms with van der Waals surface area (Å²) in [5.41, 5.74) is 3.28. The summed E-state index contributed by atoms with van der Waals surface area (Å²) >= 11 is 0. The Morgan fingerprint density at radius 2 is 1.69 bits per heavy atom. The van der Waals surface area contributed by atoms with Crippen LogP contribution in [0.25, 0.3) is 11.1 Å². The molecule has 0 saturated carbocycles. The molecular weight excluding hydrogens is 444 g/mol. The molecule has 7 heteroatoms. The number of benzene rings is 2. The van der Waals surface area contributed by atoms with Crippen LogP contribution in [0.3, 0.4) is 0 Å². The standard InChI is InChI=1S/C28H28N2O5/c1-2-3-12-24(25(31)30-18-13-15-28(30,16-14-18)26(32)33)29-27(34)35-17-23-21-10-6-4-8-19(21)20-9-5-7-11-22(20)23/h4-11,18,23-24H,12-17H2,1H3,(H,29,34)(H,32,33). The highest BCUT2D eigenvalue weighted by Crippen LogP contribution is 2.47. The van der Waals surface area contributed by atoms with E-state index in [2.05, 4.69) is 29.3 Å². The lowest BCUT2D eigenvalue weighted by atomic mass is 9.88. The molecule has 2 bridgehead atoms. The van der Waals surface area contributed by atoms with Gasteiger partial charge >= 0.3 is 12.1 Å². The first-order chi connectivity index (χ1) is 17.0. The molecule has 2 aliphatic heterocycles. The zero-order valence-electron chi connectivity index (χ0n) is 19.6. The van der Waals surface area contributed by atoms with Gasteiger partial charge in [0.05, 0.1) is 0 Å². The molecule has 1 unspecified atom stereocenters. The fraction of sp³-hybridized carbons (Fsp3) is 0.393. The SMILES string of the molecule is CC#CCC(NC(=O)OCC1c2ccccc2-c2ccccc21)C(=O)N1C2CCC1(C(=O)O)CC2. The normalized spacial score (nSPS) is 22.5. The molecule has 180 valence electrons. The summed E-state index contributed by atoms with van der Waals surface area (Å²) < 4.78 is 5.62. The van der Waals surface area contributed by atoms with E-state index in [-0.39, 0.29) is 25.0 Å². The summed E-state index contributed by atoms with van der Waals surface area (Å²) in [5.74, 6) is 4.14. The minimum absolute atomic E-state index is 0.0950. The number of aliphatic carboxylic acids is 1. The Morgan fingerprint density at radius 1 is 1.09 bits per heavy atom. The Kier molecular flexibility index (Phi) is 5.98. The van der Waals surface area contributed by atoms with Gasteiger partial charge in [0.25, 0.3) is 0 Å². The maximum atomic E-state index is 13.5. The number of rotatable bonds is 6. The van der Waals surface area contributed by atoms with Crippen LogP contribution in [-0.4, -0.2) is 52.2 Å². The van der Waals surface area contributed by atoms with Crippen LogP contribution in [0.2, 0.25) is 0 Å². The third kappa shape index (κ3) is 3.83. The summed E-state index contributed by atoms with van der Waals surface area (Å²) in [6, 6.07) is 15.1. The summed E-state index contributed by atoms with van der Waals surface area (Å²) in [5, 5.41) is 12.6. The summed E-state index contributed by atoms with van der Waals surface area (Å²) in [7, 11) is 0. The van der Waals surface area contributed by atoms with Crippen molar-refractivity contribution < 1.29 is 24.2 Å². The first-order valence-electron chi connectivity index (χ1n) is 12.0. The molecule has 2 fully saturated rings. The van der Waals surface area contributed by atoms with Crippen molar-refractivity contribution in [2.45, 2.75) is 62.6 Å². The summed E-state index contributed by atoms with van der Waals surface area (Å²) in [4.78, 5) is 39.9. The quantitative estimate of drug-likeness (QED) is 0.622. The fourth-order valence-electron chi connectivity index (χ4n) is 5.99. The third-order valence-electron chi connectivity index (χ3n) is 7.66. The lowest BCUT2D eigenvalue weighted by Gasteiger charge is -2.33. The molecular formula is C28H28N2O5. The lowest BCUT2D eigenvalue weighted by Crippen LogP contribution is -2.57. The van der Waals surface area contributed by atoms with Crippen LogP contribution < -0.4 is 5.32 Å². The zero-order valence-corrected chi connectivity index (χ0v) is 19.6. The highest BCUT2D eigenvalue weighted by atomic mass is 16.5. The van der Waals surface area contributed by atoms with E-state index in [1.165, 1.54) is 4.90 Å². The molecule has 0 aromatic heterocycles. The number of carboxylic acids is 1. The molecule has 2 aromatic rings. The second kappa shape index (κ2) is 9.10. The van der Waals surface area contributed by atoms with Gasteiger partial charge in [-0.1, -0.05) is 48.5 Å². The average molecular weight is 473 g/mol. The van der Waals surface area contributed by atoms with Gasteiger partial charge in [-0.2, -0.15) is 0 Å². The van der Waals surface area contributed by atoms with Crippen molar-refractivity contribution in [1.29, 1.82) is 0 Å². The van der Waals surface area contributed by atoms with Crippen molar-refractivity contribution in [1.82, 2.24) is 10.2 Å². The number of carboxylic acid groups (broad SMARTS) is 1. The highest BCUT2D eigenvalue weighted by Gasteiger charge is 2.59. The topological polar surface area (TPSA) is 95.9 Å². The molecule has 2 saturated heterocycles. The van der Waals surface area contributed by atoms with E-state index in [4.69, 9.17) is 4.74 Å². The Balaban J connectivity index is 1.30. The van der Waals surface area contributed by atoms with E-state index in [9.17, 15) is 19.5 Å². The van der Waals surface area contributed by atoms with Gasteiger partial charge < -0.3 is 20.1 Å². The van der Waals surface area contributed by atoms with E-state index < -0.39 is 29.6 Å². The zero-order chi connectivity index (χ0) is 24.6. The molecule has 1 atom stereocenters. The van der Waals surface area contributed by atoms with Gasteiger partial charge in [-0.15, -0.1) is 11.8 Å². The smallest absolute Gasteiger partial charge is 0.407 e. The molecule has 3 aliphatic rings. The molecule has 2 amide bonds. The van der Waals surface area contributed by atoms with Crippen LogP contribution in [0.1, 0.15) is 56.1 Å². The van der Waals surface area contributed by atoms with Crippen molar-refractivity contribution >= 4 is 18.0 Å². The van der Waals surface area contributed by atoms with Crippen LogP contribution in [-0.2, 0) is 14.3 Å². The van der Waals surface area contributed by atoms with E-state index in [0.29, 0.717) is 25.7 Å². The Hall–Kier alpha value is -3.79. The van der Waals surface area contributed by atoms with E-state index >= 15 is 0 Å².